The predicted molar refractivity (Wildman–Crippen MR) is 57.0 cm³/mol. The van der Waals surface area contributed by atoms with Gasteiger partial charge in [0.25, 0.3) is 0 Å². The first-order chi connectivity index (χ1) is 5.61. The van der Waals surface area contributed by atoms with E-state index in [-0.39, 0.29) is 0 Å². The fourth-order valence-electron chi connectivity index (χ4n) is 1.15. The highest BCUT2D eigenvalue weighted by molar-refractivity contribution is 7.35. The zero-order valence-electron chi connectivity index (χ0n) is 7.07. The van der Waals surface area contributed by atoms with Crippen LogP contribution >= 0.6 is 22.9 Å². The van der Waals surface area contributed by atoms with Gasteiger partial charge in [-0.15, -0.1) is 22.9 Å². The number of benzene rings is 1. The minimum absolute atomic E-state index is 0.551. The summed E-state index contributed by atoms with van der Waals surface area (Å²) in [7, 11) is 0. The SMILES string of the molecule is Cc1cccc(C)c1NB(Cl)Cl. The minimum Gasteiger partial charge on any atom is -0.401 e. The third kappa shape index (κ3) is 2.33. The van der Waals surface area contributed by atoms with E-state index in [1.807, 2.05) is 32.0 Å². The lowest BCUT2D eigenvalue weighted by molar-refractivity contribution is 1.38. The van der Waals surface area contributed by atoms with E-state index in [2.05, 4.69) is 5.23 Å². The molecule has 64 valence electrons. The van der Waals surface area contributed by atoms with Crippen molar-refractivity contribution in [2.24, 2.45) is 0 Å². The summed E-state index contributed by atoms with van der Waals surface area (Å²) < 4.78 is 0. The molecule has 0 aliphatic heterocycles. The van der Waals surface area contributed by atoms with Crippen LogP contribution < -0.4 is 5.23 Å². The number of rotatable bonds is 2. The first-order valence-electron chi connectivity index (χ1n) is 3.72. The second-order valence-corrected chi connectivity index (χ2v) is 3.81. The topological polar surface area (TPSA) is 12.0 Å². The van der Waals surface area contributed by atoms with Gasteiger partial charge in [-0.3, -0.25) is 0 Å². The summed E-state index contributed by atoms with van der Waals surface area (Å²) in [4.78, 5) is 0. The first kappa shape index (κ1) is 9.75. The Morgan fingerprint density at radius 2 is 1.67 bits per heavy atom. The van der Waals surface area contributed by atoms with Crippen molar-refractivity contribution >= 4 is 34.3 Å². The average Bonchev–Trinajstić information content (AvgIpc) is 1.97. The monoisotopic (exact) mass is 201 g/mol. The smallest absolute Gasteiger partial charge is 0.401 e. The number of aryl methyl sites for hydroxylation is 2. The lowest BCUT2D eigenvalue weighted by atomic mass is 10.1. The highest BCUT2D eigenvalue weighted by Gasteiger charge is 2.08. The van der Waals surface area contributed by atoms with Crippen LogP contribution in [0.4, 0.5) is 5.69 Å². The molecule has 12 heavy (non-hydrogen) atoms. The third-order valence-corrected chi connectivity index (χ3v) is 1.95. The van der Waals surface area contributed by atoms with Gasteiger partial charge in [-0.1, -0.05) is 18.2 Å². The second kappa shape index (κ2) is 4.06. The molecule has 1 nitrogen and oxygen atoms in total. The van der Waals surface area contributed by atoms with E-state index in [4.69, 9.17) is 22.9 Å². The summed E-state index contributed by atoms with van der Waals surface area (Å²) in [5.41, 5.74) is 2.78. The molecule has 0 heterocycles. The maximum Gasteiger partial charge on any atom is 0.464 e. The van der Waals surface area contributed by atoms with Crippen molar-refractivity contribution in [2.45, 2.75) is 13.8 Å². The van der Waals surface area contributed by atoms with E-state index < -0.39 is 5.68 Å². The highest BCUT2D eigenvalue weighted by Crippen LogP contribution is 2.20. The normalized spacial score (nSPS) is 9.67. The molecule has 0 aliphatic carbocycles. The Balaban J connectivity index is 2.96. The van der Waals surface area contributed by atoms with E-state index >= 15 is 0 Å². The van der Waals surface area contributed by atoms with E-state index in [0.717, 1.165) is 16.8 Å². The Bertz CT molecular complexity index is 256. The van der Waals surface area contributed by atoms with Crippen LogP contribution in [0, 0.1) is 13.8 Å². The molecule has 0 atom stereocenters. The number of anilines is 1. The van der Waals surface area contributed by atoms with Gasteiger partial charge in [0.05, 0.1) is 0 Å². The summed E-state index contributed by atoms with van der Waals surface area (Å²) >= 11 is 11.2. The molecule has 1 N–H and O–H groups in total. The Kier molecular flexibility index (Phi) is 3.30. The molecule has 0 saturated heterocycles. The van der Waals surface area contributed by atoms with Crippen LogP contribution in [0.5, 0.6) is 0 Å². The second-order valence-electron chi connectivity index (χ2n) is 2.71. The molecule has 1 aromatic carbocycles. The zero-order chi connectivity index (χ0) is 9.14. The van der Waals surface area contributed by atoms with Crippen LogP contribution in [0.25, 0.3) is 0 Å². The fraction of sp³-hybridized carbons (Fsp3) is 0.250. The lowest BCUT2D eigenvalue weighted by Crippen LogP contribution is -2.11. The van der Waals surface area contributed by atoms with E-state index in [1.54, 1.807) is 0 Å². The Hall–Kier alpha value is -0.335. The van der Waals surface area contributed by atoms with Crippen molar-refractivity contribution < 1.29 is 0 Å². The minimum atomic E-state index is -0.551. The van der Waals surface area contributed by atoms with Gasteiger partial charge >= 0.3 is 5.68 Å². The largest absolute Gasteiger partial charge is 0.464 e. The number of halogens is 2. The molecule has 0 saturated carbocycles. The quantitative estimate of drug-likeness (QED) is 0.726. The predicted octanol–water partition coefficient (Wildman–Crippen LogP) is 3.18. The molecule has 0 aliphatic rings. The van der Waals surface area contributed by atoms with Gasteiger partial charge in [-0.25, -0.2) is 0 Å². The van der Waals surface area contributed by atoms with Gasteiger partial charge in [0.15, 0.2) is 0 Å². The molecule has 0 amide bonds. The number of para-hydroxylation sites is 1. The summed E-state index contributed by atoms with van der Waals surface area (Å²) in [6.45, 7) is 4.04. The zero-order valence-corrected chi connectivity index (χ0v) is 8.58. The molecule has 1 rings (SSSR count). The van der Waals surface area contributed by atoms with Crippen LogP contribution in [0.3, 0.4) is 0 Å². The Morgan fingerprint density at radius 1 is 1.17 bits per heavy atom. The maximum atomic E-state index is 5.61. The van der Waals surface area contributed by atoms with Crippen LogP contribution in [0.1, 0.15) is 11.1 Å². The molecule has 0 fully saturated rings. The van der Waals surface area contributed by atoms with Gasteiger partial charge in [0.2, 0.25) is 0 Å². The molecule has 1 aromatic rings. The maximum absolute atomic E-state index is 5.61. The third-order valence-electron chi connectivity index (χ3n) is 1.73. The molecular formula is C8H10BCl2N. The Labute approximate surface area is 83.0 Å². The van der Waals surface area contributed by atoms with Crippen molar-refractivity contribution in [2.75, 3.05) is 5.23 Å². The summed E-state index contributed by atoms with van der Waals surface area (Å²) in [6.07, 6.45) is 0. The van der Waals surface area contributed by atoms with Crippen LogP contribution in [0.15, 0.2) is 18.2 Å². The average molecular weight is 202 g/mol. The Morgan fingerprint density at radius 3 is 2.08 bits per heavy atom. The van der Waals surface area contributed by atoms with E-state index in [0.29, 0.717) is 0 Å². The summed E-state index contributed by atoms with van der Waals surface area (Å²) in [6, 6.07) is 6.05. The number of hydrogen-bond donors (Lipinski definition) is 1. The molecule has 0 radical (unpaired) electrons. The fourth-order valence-corrected chi connectivity index (χ4v) is 1.37. The van der Waals surface area contributed by atoms with Crippen molar-refractivity contribution in [3.8, 4) is 0 Å². The number of nitrogens with one attached hydrogen (secondary N) is 1. The van der Waals surface area contributed by atoms with Gasteiger partial charge in [0, 0.05) is 5.69 Å². The molecule has 0 aromatic heterocycles. The molecule has 4 heteroatoms. The summed E-state index contributed by atoms with van der Waals surface area (Å²) in [5.74, 6) is 0. The first-order valence-corrected chi connectivity index (χ1v) is 4.59. The van der Waals surface area contributed by atoms with Crippen molar-refractivity contribution in [3.05, 3.63) is 29.3 Å². The van der Waals surface area contributed by atoms with Gasteiger partial charge in [-0.05, 0) is 25.0 Å². The van der Waals surface area contributed by atoms with Crippen LogP contribution in [-0.2, 0) is 0 Å². The van der Waals surface area contributed by atoms with Crippen molar-refractivity contribution in [3.63, 3.8) is 0 Å². The van der Waals surface area contributed by atoms with Gasteiger partial charge in [0.1, 0.15) is 0 Å². The number of hydrogen-bond acceptors (Lipinski definition) is 1. The lowest BCUT2D eigenvalue weighted by Gasteiger charge is -2.11. The van der Waals surface area contributed by atoms with Crippen LogP contribution in [0.2, 0.25) is 0 Å². The highest BCUT2D eigenvalue weighted by atomic mass is 35.5. The molecular weight excluding hydrogens is 192 g/mol. The van der Waals surface area contributed by atoms with Gasteiger partial charge in [-0.2, -0.15) is 0 Å². The molecule has 0 bridgehead atoms. The molecule has 0 spiro atoms. The van der Waals surface area contributed by atoms with Crippen LogP contribution in [-0.4, -0.2) is 5.68 Å². The van der Waals surface area contributed by atoms with E-state index in [1.165, 1.54) is 0 Å². The van der Waals surface area contributed by atoms with Crippen molar-refractivity contribution in [1.29, 1.82) is 0 Å². The standard InChI is InChI=1S/C8H10BCl2N/c1-6-4-3-5-7(2)8(6)12-9(10)11/h3-5,12H,1-2H3. The van der Waals surface area contributed by atoms with Gasteiger partial charge < -0.3 is 5.23 Å². The van der Waals surface area contributed by atoms with Crippen molar-refractivity contribution in [1.82, 2.24) is 0 Å². The summed E-state index contributed by atoms with van der Waals surface area (Å²) in [5, 5.41) is 2.97. The molecule has 0 unspecified atom stereocenters. The van der Waals surface area contributed by atoms with E-state index in [9.17, 15) is 0 Å².